The minimum absolute atomic E-state index is 0.0425. The van der Waals surface area contributed by atoms with E-state index in [9.17, 15) is 18.0 Å². The number of halogens is 1. The van der Waals surface area contributed by atoms with Gasteiger partial charge in [0.2, 0.25) is 11.8 Å². The molecule has 0 fully saturated rings. The zero-order chi connectivity index (χ0) is 28.7. The van der Waals surface area contributed by atoms with Gasteiger partial charge in [-0.15, -0.1) is 0 Å². The van der Waals surface area contributed by atoms with Crippen molar-refractivity contribution < 1.29 is 18.0 Å². The highest BCUT2D eigenvalue weighted by Crippen LogP contribution is 2.28. The highest BCUT2D eigenvalue weighted by Gasteiger charge is 2.33. The lowest BCUT2D eigenvalue weighted by Gasteiger charge is -2.32. The van der Waals surface area contributed by atoms with Crippen LogP contribution in [0.5, 0.6) is 0 Å². The van der Waals surface area contributed by atoms with Crippen molar-refractivity contribution in [3.05, 3.63) is 94.5 Å². The molecule has 39 heavy (non-hydrogen) atoms. The van der Waals surface area contributed by atoms with Crippen LogP contribution in [-0.2, 0) is 26.2 Å². The van der Waals surface area contributed by atoms with Gasteiger partial charge in [0.05, 0.1) is 10.6 Å². The predicted molar refractivity (Wildman–Crippen MR) is 156 cm³/mol. The van der Waals surface area contributed by atoms with Crippen molar-refractivity contribution in [2.45, 2.75) is 52.1 Å². The molecular formula is C30H36ClN3O4S. The van der Waals surface area contributed by atoms with Gasteiger partial charge in [-0.1, -0.05) is 79.5 Å². The molecule has 1 atom stereocenters. The van der Waals surface area contributed by atoms with E-state index in [0.29, 0.717) is 28.4 Å². The third-order valence-corrected chi connectivity index (χ3v) is 8.52. The van der Waals surface area contributed by atoms with Crippen LogP contribution in [0.15, 0.2) is 77.7 Å². The minimum atomic E-state index is -4.11. The average molecular weight is 570 g/mol. The molecule has 0 heterocycles. The predicted octanol–water partition coefficient (Wildman–Crippen LogP) is 5.34. The number of amides is 2. The van der Waals surface area contributed by atoms with Crippen molar-refractivity contribution in [2.24, 2.45) is 5.92 Å². The molecule has 3 aromatic rings. The molecule has 0 aromatic heterocycles. The van der Waals surface area contributed by atoms with E-state index in [1.165, 1.54) is 17.0 Å². The molecule has 3 rings (SSSR count). The molecule has 0 aliphatic carbocycles. The Labute approximate surface area is 236 Å². The monoisotopic (exact) mass is 569 g/mol. The molecule has 1 N–H and O–H groups in total. The highest BCUT2D eigenvalue weighted by molar-refractivity contribution is 7.92. The molecule has 7 nitrogen and oxygen atoms in total. The topological polar surface area (TPSA) is 86.8 Å². The van der Waals surface area contributed by atoms with Crippen LogP contribution in [0.2, 0.25) is 5.02 Å². The molecule has 3 aromatic carbocycles. The SMILES string of the molecule is Cc1ccc(N(CC(=O)N(Cc2ccccc2Cl)C(C)C(=O)NCC(C)C)S(=O)(=O)c2ccccc2)c(C)c1. The second-order valence-electron chi connectivity index (χ2n) is 10.0. The second kappa shape index (κ2) is 13.1. The molecule has 0 aliphatic heterocycles. The Hall–Kier alpha value is -3.36. The number of nitrogens with one attached hydrogen (secondary N) is 1. The van der Waals surface area contributed by atoms with Crippen LogP contribution in [0.4, 0.5) is 5.69 Å². The van der Waals surface area contributed by atoms with E-state index in [1.54, 1.807) is 55.5 Å². The van der Waals surface area contributed by atoms with E-state index < -0.39 is 28.5 Å². The smallest absolute Gasteiger partial charge is 0.264 e. The number of rotatable bonds is 11. The molecule has 0 saturated heterocycles. The lowest BCUT2D eigenvalue weighted by molar-refractivity contribution is -0.139. The van der Waals surface area contributed by atoms with Crippen molar-refractivity contribution in [3.63, 3.8) is 0 Å². The Bertz CT molecular complexity index is 1410. The fourth-order valence-electron chi connectivity index (χ4n) is 4.16. The summed E-state index contributed by atoms with van der Waals surface area (Å²) < 4.78 is 28.9. The first-order valence-corrected chi connectivity index (χ1v) is 14.7. The quantitative estimate of drug-likeness (QED) is 0.338. The Morgan fingerprint density at radius 3 is 2.18 bits per heavy atom. The molecule has 0 aliphatic rings. The minimum Gasteiger partial charge on any atom is -0.354 e. The van der Waals surface area contributed by atoms with Crippen molar-refractivity contribution in [2.75, 3.05) is 17.4 Å². The summed E-state index contributed by atoms with van der Waals surface area (Å²) in [5.74, 6) is -0.625. The maximum absolute atomic E-state index is 14.0. The van der Waals surface area contributed by atoms with Gasteiger partial charge < -0.3 is 10.2 Å². The van der Waals surface area contributed by atoms with E-state index in [-0.39, 0.29) is 23.3 Å². The Morgan fingerprint density at radius 1 is 0.923 bits per heavy atom. The summed E-state index contributed by atoms with van der Waals surface area (Å²) >= 11 is 6.41. The number of carbonyl (C=O) groups is 2. The first kappa shape index (κ1) is 30.2. The summed E-state index contributed by atoms with van der Waals surface area (Å²) in [5.41, 5.74) is 2.73. The van der Waals surface area contributed by atoms with Crippen LogP contribution in [0.25, 0.3) is 0 Å². The Balaban J connectivity index is 2.04. The van der Waals surface area contributed by atoms with Crippen LogP contribution in [-0.4, -0.2) is 44.3 Å². The van der Waals surface area contributed by atoms with Gasteiger partial charge in [0.15, 0.2) is 0 Å². The summed E-state index contributed by atoms with van der Waals surface area (Å²) in [4.78, 5) is 28.5. The van der Waals surface area contributed by atoms with Crippen LogP contribution in [0.1, 0.15) is 37.5 Å². The van der Waals surface area contributed by atoms with Gasteiger partial charge in [-0.2, -0.15) is 0 Å². The Morgan fingerprint density at radius 2 is 1.56 bits per heavy atom. The van der Waals surface area contributed by atoms with E-state index in [2.05, 4.69) is 5.32 Å². The third-order valence-electron chi connectivity index (χ3n) is 6.38. The summed E-state index contributed by atoms with van der Waals surface area (Å²) in [5, 5.41) is 3.33. The molecule has 1 unspecified atom stereocenters. The first-order chi connectivity index (χ1) is 18.4. The van der Waals surface area contributed by atoms with Crippen LogP contribution < -0.4 is 9.62 Å². The van der Waals surface area contributed by atoms with Gasteiger partial charge in [0.25, 0.3) is 10.0 Å². The number of nitrogens with zero attached hydrogens (tertiary/aromatic N) is 2. The van der Waals surface area contributed by atoms with E-state index in [1.807, 2.05) is 39.8 Å². The second-order valence-corrected chi connectivity index (χ2v) is 12.3. The Kier molecular flexibility index (Phi) is 10.2. The molecule has 208 valence electrons. The number of carbonyl (C=O) groups excluding carboxylic acids is 2. The normalized spacial score (nSPS) is 12.2. The van der Waals surface area contributed by atoms with E-state index >= 15 is 0 Å². The number of sulfonamides is 1. The van der Waals surface area contributed by atoms with Crippen molar-refractivity contribution >= 4 is 39.1 Å². The largest absolute Gasteiger partial charge is 0.354 e. The summed E-state index contributed by atoms with van der Waals surface area (Å²) in [6.45, 7) is 9.33. The molecule has 0 bridgehead atoms. The molecule has 0 spiro atoms. The van der Waals surface area contributed by atoms with Gasteiger partial charge in [-0.05, 0) is 62.1 Å². The summed E-state index contributed by atoms with van der Waals surface area (Å²) in [6.07, 6.45) is 0. The lowest BCUT2D eigenvalue weighted by Crippen LogP contribution is -2.51. The average Bonchev–Trinajstić information content (AvgIpc) is 2.90. The zero-order valence-corrected chi connectivity index (χ0v) is 24.6. The zero-order valence-electron chi connectivity index (χ0n) is 23.0. The van der Waals surface area contributed by atoms with E-state index in [4.69, 9.17) is 11.6 Å². The standard InChI is InChI=1S/C30H36ClN3O4S/c1-21(2)18-32-30(36)24(5)33(19-25-11-9-10-14-27(25)31)29(35)20-34(28-16-15-22(3)17-23(28)4)39(37,38)26-12-7-6-8-13-26/h6-17,21,24H,18-20H2,1-5H3,(H,32,36). The number of hydrogen-bond donors (Lipinski definition) is 1. The fourth-order valence-corrected chi connectivity index (χ4v) is 5.86. The fraction of sp³-hybridized carbons (Fsp3) is 0.333. The molecule has 9 heteroatoms. The van der Waals surface area contributed by atoms with Crippen molar-refractivity contribution in [1.82, 2.24) is 10.2 Å². The van der Waals surface area contributed by atoms with Gasteiger partial charge in [-0.3, -0.25) is 13.9 Å². The molecule has 0 saturated carbocycles. The maximum Gasteiger partial charge on any atom is 0.264 e. The summed E-state index contributed by atoms with van der Waals surface area (Å²) in [7, 11) is -4.11. The van der Waals surface area contributed by atoms with Gasteiger partial charge in [-0.25, -0.2) is 8.42 Å². The van der Waals surface area contributed by atoms with Gasteiger partial charge in [0.1, 0.15) is 12.6 Å². The van der Waals surface area contributed by atoms with Gasteiger partial charge in [0, 0.05) is 18.1 Å². The van der Waals surface area contributed by atoms with Crippen LogP contribution in [0, 0.1) is 19.8 Å². The first-order valence-electron chi connectivity index (χ1n) is 12.9. The van der Waals surface area contributed by atoms with Gasteiger partial charge >= 0.3 is 0 Å². The summed E-state index contributed by atoms with van der Waals surface area (Å²) in [6, 6.07) is 19.6. The molecular weight excluding hydrogens is 534 g/mol. The number of aryl methyl sites for hydroxylation is 2. The van der Waals surface area contributed by atoms with Crippen molar-refractivity contribution in [1.29, 1.82) is 0 Å². The molecule has 0 radical (unpaired) electrons. The lowest BCUT2D eigenvalue weighted by atomic mass is 10.1. The maximum atomic E-state index is 14.0. The van der Waals surface area contributed by atoms with E-state index in [0.717, 1.165) is 9.87 Å². The van der Waals surface area contributed by atoms with Crippen LogP contribution >= 0.6 is 11.6 Å². The number of hydrogen-bond acceptors (Lipinski definition) is 4. The van der Waals surface area contributed by atoms with Crippen molar-refractivity contribution in [3.8, 4) is 0 Å². The number of benzene rings is 3. The van der Waals surface area contributed by atoms with Crippen LogP contribution in [0.3, 0.4) is 0 Å². The third kappa shape index (κ3) is 7.61. The highest BCUT2D eigenvalue weighted by atomic mass is 35.5. The number of anilines is 1. The molecule has 2 amide bonds.